The average Bonchev–Trinajstić information content (AvgIpc) is 2.74. The molecule has 3 nitrogen and oxygen atoms in total. The minimum atomic E-state index is -0.434. The zero-order valence-electron chi connectivity index (χ0n) is 9.65. The van der Waals surface area contributed by atoms with Gasteiger partial charge in [-0.15, -0.1) is 0 Å². The first-order chi connectivity index (χ1) is 7.79. The zero-order chi connectivity index (χ0) is 11.3. The quantitative estimate of drug-likeness (QED) is 0.716. The summed E-state index contributed by atoms with van der Waals surface area (Å²) >= 11 is 0. The summed E-state index contributed by atoms with van der Waals surface area (Å²) in [6.07, 6.45) is 0.778. The summed E-state index contributed by atoms with van der Waals surface area (Å²) in [5.41, 5.74) is 1.20. The average molecular weight is 222 g/mol. The van der Waals surface area contributed by atoms with Gasteiger partial charge in [-0.3, -0.25) is 0 Å². The Bertz CT molecular complexity index is 304. The Balaban J connectivity index is 1.65. The summed E-state index contributed by atoms with van der Waals surface area (Å²) in [5, 5.41) is 0. The van der Waals surface area contributed by atoms with Crippen LogP contribution in [0.5, 0.6) is 0 Å². The Morgan fingerprint density at radius 2 is 1.88 bits per heavy atom. The molecule has 88 valence electrons. The highest BCUT2D eigenvalue weighted by Gasteiger charge is 2.30. The summed E-state index contributed by atoms with van der Waals surface area (Å²) in [7, 11) is 0. The fourth-order valence-electron chi connectivity index (χ4n) is 1.72. The van der Waals surface area contributed by atoms with Crippen molar-refractivity contribution in [2.75, 3.05) is 19.8 Å². The summed E-state index contributed by atoms with van der Waals surface area (Å²) in [6, 6.07) is 10.2. The van der Waals surface area contributed by atoms with E-state index in [0.717, 1.165) is 6.42 Å². The van der Waals surface area contributed by atoms with E-state index < -0.39 is 5.79 Å². The maximum absolute atomic E-state index is 5.59. The summed E-state index contributed by atoms with van der Waals surface area (Å²) < 4.78 is 16.6. The lowest BCUT2D eigenvalue weighted by atomic mass is 10.2. The zero-order valence-corrected chi connectivity index (χ0v) is 9.65. The first-order valence-corrected chi connectivity index (χ1v) is 5.68. The van der Waals surface area contributed by atoms with Crippen molar-refractivity contribution in [1.29, 1.82) is 0 Å². The number of rotatable bonds is 5. The molecule has 2 rings (SSSR count). The SMILES string of the molecule is CC1(CCOCc2ccccc2)OCCO1. The first kappa shape index (κ1) is 11.6. The van der Waals surface area contributed by atoms with Gasteiger partial charge in [0.25, 0.3) is 0 Å². The third-order valence-corrected chi connectivity index (χ3v) is 2.71. The largest absolute Gasteiger partial charge is 0.377 e. The van der Waals surface area contributed by atoms with Crippen molar-refractivity contribution in [1.82, 2.24) is 0 Å². The third kappa shape index (κ3) is 3.30. The van der Waals surface area contributed by atoms with E-state index in [4.69, 9.17) is 14.2 Å². The summed E-state index contributed by atoms with van der Waals surface area (Å²) in [4.78, 5) is 0. The molecule has 0 spiro atoms. The van der Waals surface area contributed by atoms with Crippen molar-refractivity contribution in [3.8, 4) is 0 Å². The molecule has 3 heteroatoms. The molecule has 0 N–H and O–H groups in total. The van der Waals surface area contributed by atoms with E-state index in [1.807, 2.05) is 25.1 Å². The lowest BCUT2D eigenvalue weighted by Crippen LogP contribution is -2.27. The standard InChI is InChI=1S/C13H18O3/c1-13(15-9-10-16-13)7-8-14-11-12-5-3-2-4-6-12/h2-6H,7-11H2,1H3. The molecule has 0 amide bonds. The van der Waals surface area contributed by atoms with E-state index in [9.17, 15) is 0 Å². The number of benzene rings is 1. The molecule has 0 saturated carbocycles. The highest BCUT2D eigenvalue weighted by molar-refractivity contribution is 5.13. The van der Waals surface area contributed by atoms with Crippen LogP contribution < -0.4 is 0 Å². The van der Waals surface area contributed by atoms with Crippen molar-refractivity contribution in [3.05, 3.63) is 35.9 Å². The molecule has 0 bridgehead atoms. The molecule has 1 fully saturated rings. The van der Waals surface area contributed by atoms with Crippen molar-refractivity contribution < 1.29 is 14.2 Å². The Kier molecular flexibility index (Phi) is 3.93. The van der Waals surface area contributed by atoms with Gasteiger partial charge in [0.2, 0.25) is 0 Å². The fraction of sp³-hybridized carbons (Fsp3) is 0.538. The highest BCUT2D eigenvalue weighted by Crippen LogP contribution is 2.22. The van der Waals surface area contributed by atoms with Gasteiger partial charge in [0, 0.05) is 6.42 Å². The molecule has 1 aliphatic rings. The molecular weight excluding hydrogens is 204 g/mol. The molecule has 1 aliphatic heterocycles. The van der Waals surface area contributed by atoms with Gasteiger partial charge in [-0.1, -0.05) is 30.3 Å². The van der Waals surface area contributed by atoms with Crippen LogP contribution >= 0.6 is 0 Å². The molecule has 0 radical (unpaired) electrons. The molecule has 0 unspecified atom stereocenters. The van der Waals surface area contributed by atoms with Crippen LogP contribution in [0, 0.1) is 0 Å². The van der Waals surface area contributed by atoms with Crippen LogP contribution in [0.3, 0.4) is 0 Å². The fourth-order valence-corrected chi connectivity index (χ4v) is 1.72. The molecule has 0 aromatic heterocycles. The molecule has 1 aromatic carbocycles. The van der Waals surface area contributed by atoms with Gasteiger partial charge in [0.05, 0.1) is 26.4 Å². The molecular formula is C13H18O3. The number of hydrogen-bond donors (Lipinski definition) is 0. The minimum absolute atomic E-state index is 0.434. The molecule has 16 heavy (non-hydrogen) atoms. The van der Waals surface area contributed by atoms with Crippen LogP contribution in [0.25, 0.3) is 0 Å². The second-order valence-corrected chi connectivity index (χ2v) is 4.12. The Labute approximate surface area is 96.3 Å². The van der Waals surface area contributed by atoms with Gasteiger partial charge in [-0.2, -0.15) is 0 Å². The molecule has 1 saturated heterocycles. The minimum Gasteiger partial charge on any atom is -0.377 e. The van der Waals surface area contributed by atoms with Gasteiger partial charge >= 0.3 is 0 Å². The maximum atomic E-state index is 5.59. The predicted molar refractivity (Wildman–Crippen MR) is 61.0 cm³/mol. The van der Waals surface area contributed by atoms with E-state index in [0.29, 0.717) is 26.4 Å². The van der Waals surface area contributed by atoms with E-state index in [1.165, 1.54) is 5.56 Å². The van der Waals surface area contributed by atoms with Gasteiger partial charge in [0.1, 0.15) is 0 Å². The molecule has 0 aliphatic carbocycles. The Morgan fingerprint density at radius 3 is 2.56 bits per heavy atom. The predicted octanol–water partition coefficient (Wildman–Crippen LogP) is 2.36. The summed E-state index contributed by atoms with van der Waals surface area (Å²) in [6.45, 7) is 4.65. The maximum Gasteiger partial charge on any atom is 0.167 e. The second-order valence-electron chi connectivity index (χ2n) is 4.12. The molecule has 0 atom stereocenters. The normalized spacial score (nSPS) is 18.8. The third-order valence-electron chi connectivity index (χ3n) is 2.71. The van der Waals surface area contributed by atoms with Crippen molar-refractivity contribution >= 4 is 0 Å². The summed E-state index contributed by atoms with van der Waals surface area (Å²) in [5.74, 6) is -0.434. The monoisotopic (exact) mass is 222 g/mol. The second kappa shape index (κ2) is 5.43. The lowest BCUT2D eigenvalue weighted by molar-refractivity contribution is -0.156. The van der Waals surface area contributed by atoms with Crippen LogP contribution in [0.2, 0.25) is 0 Å². The molecule has 1 heterocycles. The van der Waals surface area contributed by atoms with E-state index in [1.54, 1.807) is 0 Å². The Hall–Kier alpha value is -0.900. The smallest absolute Gasteiger partial charge is 0.167 e. The van der Waals surface area contributed by atoms with Crippen molar-refractivity contribution in [3.63, 3.8) is 0 Å². The van der Waals surface area contributed by atoms with Crippen molar-refractivity contribution in [2.24, 2.45) is 0 Å². The highest BCUT2D eigenvalue weighted by atomic mass is 16.7. The Morgan fingerprint density at radius 1 is 1.19 bits per heavy atom. The first-order valence-electron chi connectivity index (χ1n) is 5.68. The van der Waals surface area contributed by atoms with Crippen LogP contribution in [0.15, 0.2) is 30.3 Å². The van der Waals surface area contributed by atoms with Crippen LogP contribution in [0.4, 0.5) is 0 Å². The van der Waals surface area contributed by atoms with E-state index in [-0.39, 0.29) is 0 Å². The van der Waals surface area contributed by atoms with Crippen LogP contribution in [-0.4, -0.2) is 25.6 Å². The van der Waals surface area contributed by atoms with Crippen molar-refractivity contribution in [2.45, 2.75) is 25.7 Å². The number of ether oxygens (including phenoxy) is 3. The van der Waals surface area contributed by atoms with Gasteiger partial charge in [0.15, 0.2) is 5.79 Å². The topological polar surface area (TPSA) is 27.7 Å². The van der Waals surface area contributed by atoms with E-state index in [2.05, 4.69) is 12.1 Å². The lowest BCUT2D eigenvalue weighted by Gasteiger charge is -2.21. The van der Waals surface area contributed by atoms with Gasteiger partial charge in [-0.05, 0) is 12.5 Å². The van der Waals surface area contributed by atoms with Crippen LogP contribution in [0.1, 0.15) is 18.9 Å². The van der Waals surface area contributed by atoms with E-state index >= 15 is 0 Å². The van der Waals surface area contributed by atoms with Gasteiger partial charge in [-0.25, -0.2) is 0 Å². The van der Waals surface area contributed by atoms with Crippen LogP contribution in [-0.2, 0) is 20.8 Å². The number of hydrogen-bond acceptors (Lipinski definition) is 3. The van der Waals surface area contributed by atoms with Gasteiger partial charge < -0.3 is 14.2 Å². The molecule has 1 aromatic rings.